The second-order valence-electron chi connectivity index (χ2n) is 7.70. The zero-order chi connectivity index (χ0) is 24.0. The number of nitrogens with one attached hydrogen (secondary N) is 2. The van der Waals surface area contributed by atoms with E-state index in [9.17, 15) is 9.59 Å². The van der Waals surface area contributed by atoms with Crippen molar-refractivity contribution in [3.63, 3.8) is 0 Å². The third kappa shape index (κ3) is 5.15. The molecule has 2 N–H and O–H groups in total. The number of rotatable bonds is 6. The Bertz CT molecular complexity index is 1580. The van der Waals surface area contributed by atoms with Crippen LogP contribution in [0.3, 0.4) is 0 Å². The second-order valence-corrected chi connectivity index (χ2v) is 7.70. The predicted molar refractivity (Wildman–Crippen MR) is 137 cm³/mol. The van der Waals surface area contributed by atoms with Gasteiger partial charge in [-0.15, -0.1) is 0 Å². The number of hydrogen-bond donors (Lipinski definition) is 2. The van der Waals surface area contributed by atoms with Gasteiger partial charge in [0.05, 0.1) is 16.6 Å². The third-order valence-corrected chi connectivity index (χ3v) is 5.28. The fourth-order valence-corrected chi connectivity index (χ4v) is 3.53. The van der Waals surface area contributed by atoms with E-state index in [1.54, 1.807) is 36.4 Å². The van der Waals surface area contributed by atoms with Crippen LogP contribution in [0.4, 0.5) is 17.2 Å². The quantitative estimate of drug-likeness (QED) is 0.318. The summed E-state index contributed by atoms with van der Waals surface area (Å²) >= 11 is 0. The minimum absolute atomic E-state index is 0.188. The molecule has 0 saturated heterocycles. The Morgan fingerprint density at radius 2 is 1.60 bits per heavy atom. The summed E-state index contributed by atoms with van der Waals surface area (Å²) in [5.74, 6) is 0.300. The van der Waals surface area contributed by atoms with Crippen LogP contribution in [0.15, 0.2) is 113 Å². The Morgan fingerprint density at radius 3 is 2.43 bits per heavy atom. The van der Waals surface area contributed by atoms with Gasteiger partial charge in [0, 0.05) is 29.1 Å². The molecule has 0 saturated carbocycles. The van der Waals surface area contributed by atoms with Crippen LogP contribution in [0.1, 0.15) is 5.56 Å². The fourth-order valence-electron chi connectivity index (χ4n) is 3.53. The molecule has 0 spiro atoms. The molecular weight excluding hydrogens is 440 g/mol. The molecule has 5 rings (SSSR count). The molecule has 0 radical (unpaired) electrons. The molecule has 0 unspecified atom stereocenters. The highest BCUT2D eigenvalue weighted by Gasteiger charge is 2.06. The highest BCUT2D eigenvalue weighted by Crippen LogP contribution is 2.22. The molecule has 0 fully saturated rings. The number of carbonyl (C=O) groups excluding carboxylic acids is 1. The lowest BCUT2D eigenvalue weighted by Gasteiger charge is -2.08. The number of aromatic nitrogens is 2. The van der Waals surface area contributed by atoms with E-state index in [-0.39, 0.29) is 11.3 Å². The van der Waals surface area contributed by atoms with Crippen LogP contribution in [0.2, 0.25) is 0 Å². The summed E-state index contributed by atoms with van der Waals surface area (Å²) in [7, 11) is 0. The molecule has 3 aromatic carbocycles. The van der Waals surface area contributed by atoms with E-state index in [4.69, 9.17) is 4.42 Å². The molecule has 35 heavy (non-hydrogen) atoms. The van der Waals surface area contributed by atoms with Crippen LogP contribution in [0.5, 0.6) is 0 Å². The largest absolute Gasteiger partial charge is 0.463 e. The van der Waals surface area contributed by atoms with Crippen molar-refractivity contribution in [2.24, 2.45) is 0 Å². The van der Waals surface area contributed by atoms with Crippen LogP contribution in [-0.4, -0.2) is 15.9 Å². The molecule has 1 amide bonds. The first-order valence-corrected chi connectivity index (χ1v) is 10.9. The van der Waals surface area contributed by atoms with Crippen molar-refractivity contribution in [2.45, 2.75) is 0 Å². The number of fused-ring (bicyclic) bond motifs is 1. The van der Waals surface area contributed by atoms with Crippen LogP contribution >= 0.6 is 0 Å². The van der Waals surface area contributed by atoms with Gasteiger partial charge in [-0.1, -0.05) is 42.5 Å². The zero-order valence-electron chi connectivity index (χ0n) is 18.5. The first-order valence-electron chi connectivity index (χ1n) is 10.9. The molecular formula is C28H20N4O3. The maximum atomic E-state index is 12.5. The van der Waals surface area contributed by atoms with Crippen molar-refractivity contribution >= 4 is 40.1 Å². The van der Waals surface area contributed by atoms with E-state index >= 15 is 0 Å². The van der Waals surface area contributed by atoms with Gasteiger partial charge in [-0.2, -0.15) is 0 Å². The van der Waals surface area contributed by atoms with Gasteiger partial charge in [0.25, 0.3) is 0 Å². The zero-order valence-corrected chi connectivity index (χ0v) is 18.5. The molecule has 7 nitrogen and oxygen atoms in total. The number of hydrogen-bond acceptors (Lipinski definition) is 6. The van der Waals surface area contributed by atoms with E-state index in [1.165, 1.54) is 24.7 Å². The summed E-state index contributed by atoms with van der Waals surface area (Å²) < 4.78 is 5.47. The third-order valence-electron chi connectivity index (χ3n) is 5.28. The average molecular weight is 460 g/mol. The van der Waals surface area contributed by atoms with E-state index in [0.717, 1.165) is 16.9 Å². The first kappa shape index (κ1) is 21.8. The first-order chi connectivity index (χ1) is 17.2. The van der Waals surface area contributed by atoms with E-state index in [0.29, 0.717) is 28.0 Å². The van der Waals surface area contributed by atoms with Gasteiger partial charge in [0.1, 0.15) is 24.0 Å². The Morgan fingerprint density at radius 1 is 0.857 bits per heavy atom. The highest BCUT2D eigenvalue weighted by molar-refractivity contribution is 6.02. The summed E-state index contributed by atoms with van der Waals surface area (Å²) in [5.41, 5.74) is 3.87. The summed E-state index contributed by atoms with van der Waals surface area (Å²) in [6, 6.07) is 25.9. The fraction of sp³-hybridized carbons (Fsp3) is 0. The van der Waals surface area contributed by atoms with Crippen molar-refractivity contribution in [1.29, 1.82) is 0 Å². The highest BCUT2D eigenvalue weighted by atomic mass is 16.3. The molecule has 2 aromatic heterocycles. The molecule has 7 heteroatoms. The Labute approximate surface area is 200 Å². The Hall–Kier alpha value is -5.04. The van der Waals surface area contributed by atoms with Crippen molar-refractivity contribution in [3.05, 3.63) is 119 Å². The van der Waals surface area contributed by atoms with Gasteiger partial charge in [0.2, 0.25) is 5.91 Å². The molecule has 2 heterocycles. The van der Waals surface area contributed by atoms with E-state index < -0.39 is 0 Å². The number of benzene rings is 3. The lowest BCUT2D eigenvalue weighted by Crippen LogP contribution is -2.09. The summed E-state index contributed by atoms with van der Waals surface area (Å²) in [6.45, 7) is 0. The summed E-state index contributed by atoms with van der Waals surface area (Å²) in [5, 5.41) is 6.49. The van der Waals surface area contributed by atoms with Crippen LogP contribution in [0, 0.1) is 0 Å². The van der Waals surface area contributed by atoms with Crippen LogP contribution in [-0.2, 0) is 4.79 Å². The van der Waals surface area contributed by atoms with Gasteiger partial charge in [-0.05, 0) is 42.5 Å². The predicted octanol–water partition coefficient (Wildman–Crippen LogP) is 5.65. The van der Waals surface area contributed by atoms with Gasteiger partial charge >= 0.3 is 0 Å². The minimum atomic E-state index is -0.360. The second kappa shape index (κ2) is 9.84. The monoisotopic (exact) mass is 460 g/mol. The molecule has 0 bridgehead atoms. The average Bonchev–Trinajstić information content (AvgIpc) is 2.90. The maximum absolute atomic E-state index is 12.5. The lowest BCUT2D eigenvalue weighted by atomic mass is 10.1. The van der Waals surface area contributed by atoms with Gasteiger partial charge in [-0.3, -0.25) is 9.59 Å². The summed E-state index contributed by atoms with van der Waals surface area (Å²) in [6.07, 6.45) is 5.62. The molecule has 0 aliphatic rings. The molecule has 0 atom stereocenters. The van der Waals surface area contributed by atoms with Crippen molar-refractivity contribution in [2.75, 3.05) is 10.6 Å². The molecule has 0 aliphatic heterocycles. The maximum Gasteiger partial charge on any atom is 0.248 e. The van der Waals surface area contributed by atoms with E-state index in [1.807, 2.05) is 48.5 Å². The van der Waals surface area contributed by atoms with Gasteiger partial charge in [-0.25, -0.2) is 9.97 Å². The molecule has 0 aliphatic carbocycles. The number of amides is 1. The number of nitrogens with zero attached hydrogens (tertiary/aromatic N) is 2. The van der Waals surface area contributed by atoms with Gasteiger partial charge in [0.15, 0.2) is 5.43 Å². The van der Waals surface area contributed by atoms with Crippen molar-refractivity contribution in [1.82, 2.24) is 9.97 Å². The minimum Gasteiger partial charge on any atom is -0.463 e. The molecule has 5 aromatic rings. The number of para-hydroxylation sites is 1. The summed E-state index contributed by atoms with van der Waals surface area (Å²) in [4.78, 5) is 33.5. The van der Waals surface area contributed by atoms with Gasteiger partial charge < -0.3 is 15.1 Å². The van der Waals surface area contributed by atoms with E-state index in [2.05, 4.69) is 20.6 Å². The van der Waals surface area contributed by atoms with Crippen molar-refractivity contribution in [3.8, 4) is 11.3 Å². The van der Waals surface area contributed by atoms with Crippen LogP contribution in [0.25, 0.3) is 28.3 Å². The Kier molecular flexibility index (Phi) is 6.13. The normalized spacial score (nSPS) is 11.0. The lowest BCUT2D eigenvalue weighted by molar-refractivity contribution is -0.111. The number of carbonyl (C=O) groups is 1. The van der Waals surface area contributed by atoms with Crippen LogP contribution < -0.4 is 16.1 Å². The number of anilines is 3. The molecule has 170 valence electrons. The topological polar surface area (TPSA) is 97.1 Å². The van der Waals surface area contributed by atoms with Crippen molar-refractivity contribution < 1.29 is 9.21 Å². The standard InChI is InChI=1S/C28H20N4O3/c33-27(15-10-20-17-35-25-9-5-4-8-23(25)28(20)34)32-22-13-11-21(12-14-22)31-26-16-24(29-18-30-26)19-6-2-1-3-7-19/h1-18H,(H,32,33)(H,29,30,31)/b15-10+. The smallest absolute Gasteiger partial charge is 0.248 e. The SMILES string of the molecule is O=C(/C=C/c1coc2ccccc2c1=O)Nc1ccc(Nc2cc(-c3ccccc3)ncn2)cc1. The Balaban J connectivity index is 1.23.